The number of nitrogens with two attached hydrogens (primary N) is 1. The second-order valence-corrected chi connectivity index (χ2v) is 2.60. The third-order valence-corrected chi connectivity index (χ3v) is 1.56. The summed E-state index contributed by atoms with van der Waals surface area (Å²) in [5, 5.41) is 0. The smallest absolute Gasteiger partial charge is 0.156 e. The van der Waals surface area contributed by atoms with Gasteiger partial charge < -0.3 is 10.3 Å². The van der Waals surface area contributed by atoms with Crippen LogP contribution in [0.4, 0.5) is 5.82 Å². The highest BCUT2D eigenvalue weighted by atomic mass is 15.2. The lowest BCUT2D eigenvalue weighted by Crippen LogP contribution is -1.89. The van der Waals surface area contributed by atoms with E-state index in [0.29, 0.717) is 5.82 Å². The van der Waals surface area contributed by atoms with Crippen LogP contribution in [0.25, 0.3) is 5.82 Å². The van der Waals surface area contributed by atoms with E-state index in [2.05, 4.69) is 9.97 Å². The summed E-state index contributed by atoms with van der Waals surface area (Å²) in [7, 11) is 1.91. The van der Waals surface area contributed by atoms with Gasteiger partial charge in [-0.25, -0.2) is 9.97 Å². The SMILES string of the molecule is Cn1cnc(-n2cnc(N)c2)c1. The first-order valence-electron chi connectivity index (χ1n) is 3.53. The third-order valence-electron chi connectivity index (χ3n) is 1.56. The molecule has 5 nitrogen and oxygen atoms in total. The molecule has 5 heteroatoms. The molecule has 0 saturated heterocycles. The van der Waals surface area contributed by atoms with Crippen LogP contribution in [-0.4, -0.2) is 19.1 Å². The minimum atomic E-state index is 0.501. The van der Waals surface area contributed by atoms with Crippen molar-refractivity contribution in [1.29, 1.82) is 0 Å². The first-order valence-corrected chi connectivity index (χ1v) is 3.53. The highest BCUT2D eigenvalue weighted by Crippen LogP contribution is 2.05. The fourth-order valence-corrected chi connectivity index (χ4v) is 0.996. The Hall–Kier alpha value is -1.78. The topological polar surface area (TPSA) is 61.7 Å². The van der Waals surface area contributed by atoms with Crippen LogP contribution >= 0.6 is 0 Å². The Balaban J connectivity index is 2.43. The molecule has 2 N–H and O–H groups in total. The van der Waals surface area contributed by atoms with E-state index in [1.807, 2.05) is 17.8 Å². The number of rotatable bonds is 1. The van der Waals surface area contributed by atoms with Crippen molar-refractivity contribution in [2.45, 2.75) is 0 Å². The van der Waals surface area contributed by atoms with E-state index >= 15 is 0 Å². The Bertz CT molecular complexity index is 348. The highest BCUT2D eigenvalue weighted by Gasteiger charge is 1.99. The molecule has 62 valence electrons. The number of nitrogens with zero attached hydrogens (tertiary/aromatic N) is 4. The summed E-state index contributed by atoms with van der Waals surface area (Å²) in [5.74, 6) is 1.32. The first kappa shape index (κ1) is 6.90. The van der Waals surface area contributed by atoms with Gasteiger partial charge in [0.2, 0.25) is 0 Å². The van der Waals surface area contributed by atoms with Gasteiger partial charge in [0.05, 0.1) is 12.5 Å². The van der Waals surface area contributed by atoms with Crippen LogP contribution in [0.2, 0.25) is 0 Å². The number of hydrogen-bond donors (Lipinski definition) is 1. The molecule has 0 aliphatic heterocycles. The predicted molar refractivity (Wildman–Crippen MR) is 44.7 cm³/mol. The average molecular weight is 163 g/mol. The van der Waals surface area contributed by atoms with Crippen LogP contribution in [0.5, 0.6) is 0 Å². The molecular weight excluding hydrogens is 154 g/mol. The van der Waals surface area contributed by atoms with Gasteiger partial charge in [-0.05, 0) is 0 Å². The molecule has 0 aromatic carbocycles. The Labute approximate surface area is 69.5 Å². The van der Waals surface area contributed by atoms with Gasteiger partial charge in [0.15, 0.2) is 5.82 Å². The molecule has 0 aliphatic carbocycles. The van der Waals surface area contributed by atoms with E-state index < -0.39 is 0 Å². The van der Waals surface area contributed by atoms with Crippen molar-refractivity contribution >= 4 is 5.82 Å². The Morgan fingerprint density at radius 3 is 2.58 bits per heavy atom. The number of hydrogen-bond acceptors (Lipinski definition) is 3. The van der Waals surface area contributed by atoms with Crippen molar-refractivity contribution in [3.8, 4) is 5.82 Å². The molecule has 0 aliphatic rings. The predicted octanol–water partition coefficient (Wildman–Crippen LogP) is 0.188. The molecule has 2 aromatic heterocycles. The van der Waals surface area contributed by atoms with Crippen molar-refractivity contribution in [3.63, 3.8) is 0 Å². The minimum Gasteiger partial charge on any atom is -0.382 e. The Kier molecular flexibility index (Phi) is 1.36. The summed E-state index contributed by atoms with van der Waals surface area (Å²) in [6.07, 6.45) is 6.98. The van der Waals surface area contributed by atoms with E-state index in [0.717, 1.165) is 5.82 Å². The van der Waals surface area contributed by atoms with E-state index in [9.17, 15) is 0 Å². The Morgan fingerprint density at radius 1 is 1.25 bits per heavy atom. The fraction of sp³-hybridized carbons (Fsp3) is 0.143. The number of aromatic nitrogens is 4. The van der Waals surface area contributed by atoms with E-state index in [1.165, 1.54) is 0 Å². The second kappa shape index (κ2) is 2.37. The normalized spacial score (nSPS) is 10.4. The third kappa shape index (κ3) is 1.05. The molecule has 2 heterocycles. The van der Waals surface area contributed by atoms with Crippen LogP contribution < -0.4 is 5.73 Å². The molecule has 0 amide bonds. The van der Waals surface area contributed by atoms with Gasteiger partial charge in [-0.1, -0.05) is 0 Å². The van der Waals surface area contributed by atoms with E-state index in [4.69, 9.17) is 5.73 Å². The van der Waals surface area contributed by atoms with Crippen LogP contribution in [-0.2, 0) is 7.05 Å². The van der Waals surface area contributed by atoms with Gasteiger partial charge in [-0.3, -0.25) is 4.57 Å². The molecule has 0 atom stereocenters. The van der Waals surface area contributed by atoms with Crippen molar-refractivity contribution in [1.82, 2.24) is 19.1 Å². The van der Waals surface area contributed by atoms with Crippen LogP contribution in [0.1, 0.15) is 0 Å². The molecule has 0 fully saturated rings. The first-order chi connectivity index (χ1) is 5.75. The summed E-state index contributed by atoms with van der Waals surface area (Å²) >= 11 is 0. The van der Waals surface area contributed by atoms with Crippen molar-refractivity contribution in [2.24, 2.45) is 7.05 Å². The molecule has 12 heavy (non-hydrogen) atoms. The van der Waals surface area contributed by atoms with Crippen LogP contribution in [0, 0.1) is 0 Å². The lowest BCUT2D eigenvalue weighted by molar-refractivity contribution is 0.912. The van der Waals surface area contributed by atoms with Crippen LogP contribution in [0.3, 0.4) is 0 Å². The Morgan fingerprint density at radius 2 is 2.08 bits per heavy atom. The molecule has 0 radical (unpaired) electrons. The van der Waals surface area contributed by atoms with Gasteiger partial charge in [0.25, 0.3) is 0 Å². The van der Waals surface area contributed by atoms with Gasteiger partial charge in [0.1, 0.15) is 12.1 Å². The van der Waals surface area contributed by atoms with Crippen molar-refractivity contribution < 1.29 is 0 Å². The molecule has 2 aromatic rings. The van der Waals surface area contributed by atoms with Crippen molar-refractivity contribution in [2.75, 3.05) is 5.73 Å². The van der Waals surface area contributed by atoms with Crippen LogP contribution in [0.15, 0.2) is 25.0 Å². The standard InChI is InChI=1S/C7H9N5/c1-11-3-7(10-4-11)12-2-6(8)9-5-12/h2-5H,8H2,1H3. The highest BCUT2D eigenvalue weighted by molar-refractivity contribution is 5.29. The lowest BCUT2D eigenvalue weighted by atomic mass is 10.7. The van der Waals surface area contributed by atoms with Gasteiger partial charge in [-0.15, -0.1) is 0 Å². The van der Waals surface area contributed by atoms with E-state index in [-0.39, 0.29) is 0 Å². The average Bonchev–Trinajstić information content (AvgIpc) is 2.58. The zero-order valence-electron chi connectivity index (χ0n) is 6.68. The van der Waals surface area contributed by atoms with Crippen molar-refractivity contribution in [3.05, 3.63) is 25.0 Å². The molecule has 0 bridgehead atoms. The summed E-state index contributed by atoms with van der Waals surface area (Å²) < 4.78 is 3.64. The largest absolute Gasteiger partial charge is 0.382 e. The monoisotopic (exact) mass is 163 g/mol. The maximum atomic E-state index is 5.46. The number of anilines is 1. The zero-order valence-corrected chi connectivity index (χ0v) is 6.68. The number of aryl methyl sites for hydroxylation is 1. The van der Waals surface area contributed by atoms with E-state index in [1.54, 1.807) is 23.4 Å². The molecule has 2 rings (SSSR count). The second-order valence-electron chi connectivity index (χ2n) is 2.60. The van der Waals surface area contributed by atoms with Gasteiger partial charge >= 0.3 is 0 Å². The quantitative estimate of drug-likeness (QED) is 0.652. The molecule has 0 unspecified atom stereocenters. The molecule has 0 saturated carbocycles. The fourth-order valence-electron chi connectivity index (χ4n) is 0.996. The maximum absolute atomic E-state index is 5.46. The summed E-state index contributed by atoms with van der Waals surface area (Å²) in [6.45, 7) is 0. The van der Waals surface area contributed by atoms with Gasteiger partial charge in [0, 0.05) is 13.2 Å². The minimum absolute atomic E-state index is 0.501. The van der Waals surface area contributed by atoms with Gasteiger partial charge in [-0.2, -0.15) is 0 Å². The molecule has 0 spiro atoms. The lowest BCUT2D eigenvalue weighted by Gasteiger charge is -1.92. The summed E-state index contributed by atoms with van der Waals surface area (Å²) in [6, 6.07) is 0. The summed E-state index contributed by atoms with van der Waals surface area (Å²) in [5.41, 5.74) is 5.46. The zero-order chi connectivity index (χ0) is 8.55. The summed E-state index contributed by atoms with van der Waals surface area (Å²) in [4.78, 5) is 8.02. The number of nitrogen functional groups attached to an aromatic ring is 1. The maximum Gasteiger partial charge on any atom is 0.156 e. The molecular formula is C7H9N5. The number of imidazole rings is 2.